The predicted octanol–water partition coefficient (Wildman–Crippen LogP) is 2.13. The molecule has 1 aromatic heterocycles. The van der Waals surface area contributed by atoms with E-state index >= 15 is 0 Å². The van der Waals surface area contributed by atoms with Gasteiger partial charge in [-0.15, -0.1) is 5.10 Å². The minimum Gasteiger partial charge on any atom is -0.490 e. The van der Waals surface area contributed by atoms with E-state index in [0.717, 1.165) is 29.8 Å². The summed E-state index contributed by atoms with van der Waals surface area (Å²) in [6.45, 7) is 0. The molecule has 0 bridgehead atoms. The molecule has 1 aromatic carbocycles. The van der Waals surface area contributed by atoms with Crippen LogP contribution in [0.15, 0.2) is 29.6 Å². The normalized spacial score (nSPS) is 16.8. The summed E-state index contributed by atoms with van der Waals surface area (Å²) in [5.41, 5.74) is 7.94. The third kappa shape index (κ3) is 2.45. The fourth-order valence-corrected chi connectivity index (χ4v) is 2.13. The van der Waals surface area contributed by atoms with Gasteiger partial charge in [0.2, 0.25) is 0 Å². The molecule has 1 unspecified atom stereocenters. The highest BCUT2D eigenvalue weighted by molar-refractivity contribution is 7.03. The molecule has 0 aliphatic heterocycles. The van der Waals surface area contributed by atoms with Crippen molar-refractivity contribution in [3.05, 3.63) is 40.9 Å². The number of ether oxygens (including phenoxy) is 1. The average molecular weight is 247 g/mol. The molecular formula is C12H13N3OS. The van der Waals surface area contributed by atoms with Crippen molar-refractivity contribution < 1.29 is 4.74 Å². The maximum atomic E-state index is 6.12. The van der Waals surface area contributed by atoms with Gasteiger partial charge in [0.1, 0.15) is 5.75 Å². The van der Waals surface area contributed by atoms with Crippen molar-refractivity contribution >= 4 is 11.5 Å². The lowest BCUT2D eigenvalue weighted by atomic mass is 10.1. The number of hydrogen-bond donors (Lipinski definition) is 1. The highest BCUT2D eigenvalue weighted by Gasteiger charge is 2.23. The van der Waals surface area contributed by atoms with Gasteiger partial charge in [0.05, 0.1) is 17.8 Å². The first-order valence-corrected chi connectivity index (χ1v) is 6.46. The van der Waals surface area contributed by atoms with Gasteiger partial charge in [-0.05, 0) is 42.1 Å². The fourth-order valence-electron chi connectivity index (χ4n) is 1.64. The van der Waals surface area contributed by atoms with E-state index in [1.165, 1.54) is 11.5 Å². The lowest BCUT2D eigenvalue weighted by Gasteiger charge is -2.11. The monoisotopic (exact) mass is 247 g/mol. The predicted molar refractivity (Wildman–Crippen MR) is 66.0 cm³/mol. The molecule has 2 N–H and O–H groups in total. The highest BCUT2D eigenvalue weighted by atomic mass is 32.1. The van der Waals surface area contributed by atoms with Gasteiger partial charge in [0, 0.05) is 5.38 Å². The Hall–Kier alpha value is -1.46. The van der Waals surface area contributed by atoms with Crippen LogP contribution in [0, 0.1) is 0 Å². The van der Waals surface area contributed by atoms with Crippen molar-refractivity contribution in [1.82, 2.24) is 9.59 Å². The van der Waals surface area contributed by atoms with E-state index in [9.17, 15) is 0 Å². The highest BCUT2D eigenvalue weighted by Crippen LogP contribution is 2.28. The lowest BCUT2D eigenvalue weighted by molar-refractivity contribution is 0.303. The van der Waals surface area contributed by atoms with E-state index in [1.807, 2.05) is 29.6 Å². The molecule has 0 radical (unpaired) electrons. The van der Waals surface area contributed by atoms with Crippen molar-refractivity contribution in [3.63, 3.8) is 0 Å². The maximum Gasteiger partial charge on any atom is 0.120 e. The molecule has 3 rings (SSSR count). The molecule has 5 heteroatoms. The van der Waals surface area contributed by atoms with E-state index in [-0.39, 0.29) is 6.04 Å². The molecule has 4 nitrogen and oxygen atoms in total. The van der Waals surface area contributed by atoms with Crippen molar-refractivity contribution in [2.24, 2.45) is 5.73 Å². The third-order valence-electron chi connectivity index (χ3n) is 2.74. The molecule has 2 aromatic rings. The van der Waals surface area contributed by atoms with E-state index < -0.39 is 0 Å². The van der Waals surface area contributed by atoms with Gasteiger partial charge >= 0.3 is 0 Å². The Morgan fingerprint density at radius 3 is 3.00 bits per heavy atom. The molecule has 17 heavy (non-hydrogen) atoms. The molecule has 1 fully saturated rings. The molecule has 0 saturated heterocycles. The van der Waals surface area contributed by atoms with Gasteiger partial charge < -0.3 is 10.5 Å². The molecule has 0 amide bonds. The Bertz CT molecular complexity index is 496. The summed E-state index contributed by atoms with van der Waals surface area (Å²) in [7, 11) is 0. The summed E-state index contributed by atoms with van der Waals surface area (Å²) >= 11 is 1.32. The average Bonchev–Trinajstić information content (AvgIpc) is 2.99. The van der Waals surface area contributed by atoms with Gasteiger partial charge in [-0.3, -0.25) is 0 Å². The van der Waals surface area contributed by atoms with E-state index in [1.54, 1.807) is 0 Å². The third-order valence-corrected chi connectivity index (χ3v) is 3.26. The second-order valence-electron chi connectivity index (χ2n) is 4.20. The fraction of sp³-hybridized carbons (Fsp3) is 0.333. The molecular weight excluding hydrogens is 234 g/mol. The first-order valence-electron chi connectivity index (χ1n) is 5.62. The molecule has 88 valence electrons. The molecule has 1 atom stereocenters. The van der Waals surface area contributed by atoms with Crippen molar-refractivity contribution in [2.45, 2.75) is 25.0 Å². The van der Waals surface area contributed by atoms with Crippen LogP contribution in [0.1, 0.15) is 30.1 Å². The van der Waals surface area contributed by atoms with E-state index in [2.05, 4.69) is 9.59 Å². The minimum atomic E-state index is -0.225. The zero-order valence-electron chi connectivity index (χ0n) is 9.24. The quantitative estimate of drug-likeness (QED) is 0.899. The summed E-state index contributed by atoms with van der Waals surface area (Å²) in [5.74, 6) is 0.892. The summed E-state index contributed by atoms with van der Waals surface area (Å²) in [6.07, 6.45) is 2.72. The molecule has 0 spiro atoms. The summed E-state index contributed by atoms with van der Waals surface area (Å²) in [6, 6.07) is 7.68. The number of nitrogens with two attached hydrogens (primary N) is 1. The van der Waals surface area contributed by atoms with Crippen LogP contribution in [-0.4, -0.2) is 15.7 Å². The molecule has 1 aliphatic rings. The van der Waals surface area contributed by atoms with Gasteiger partial charge in [-0.1, -0.05) is 16.6 Å². The van der Waals surface area contributed by atoms with Crippen LogP contribution in [0.5, 0.6) is 5.75 Å². The maximum absolute atomic E-state index is 6.12. The summed E-state index contributed by atoms with van der Waals surface area (Å²) < 4.78 is 9.57. The van der Waals surface area contributed by atoms with Crippen LogP contribution in [0.25, 0.3) is 0 Å². The lowest BCUT2D eigenvalue weighted by Crippen LogP contribution is -2.12. The SMILES string of the molecule is NC(c1cccc(OC2CC2)c1)c1csnn1. The first-order chi connectivity index (χ1) is 8.33. The van der Waals surface area contributed by atoms with Crippen LogP contribution in [-0.2, 0) is 0 Å². The Labute approximate surface area is 104 Å². The van der Waals surface area contributed by atoms with Crippen molar-refractivity contribution in [2.75, 3.05) is 0 Å². The molecule has 1 heterocycles. The minimum absolute atomic E-state index is 0.225. The summed E-state index contributed by atoms with van der Waals surface area (Å²) in [4.78, 5) is 0. The van der Waals surface area contributed by atoms with Crippen LogP contribution in [0.3, 0.4) is 0 Å². The van der Waals surface area contributed by atoms with E-state index in [0.29, 0.717) is 6.10 Å². The van der Waals surface area contributed by atoms with Crippen molar-refractivity contribution in [1.29, 1.82) is 0 Å². The topological polar surface area (TPSA) is 61.0 Å². The van der Waals surface area contributed by atoms with Gasteiger partial charge in [-0.2, -0.15) is 0 Å². The Morgan fingerprint density at radius 2 is 2.29 bits per heavy atom. The van der Waals surface area contributed by atoms with Gasteiger partial charge in [-0.25, -0.2) is 0 Å². The standard InChI is InChI=1S/C12H13N3OS/c13-12(11-7-17-15-14-11)8-2-1-3-10(6-8)16-9-4-5-9/h1-3,6-7,9,12H,4-5,13H2. The zero-order chi connectivity index (χ0) is 11.7. The van der Waals surface area contributed by atoms with Crippen LogP contribution < -0.4 is 10.5 Å². The second-order valence-corrected chi connectivity index (χ2v) is 4.81. The Balaban J connectivity index is 1.81. The second kappa shape index (κ2) is 4.43. The zero-order valence-corrected chi connectivity index (χ0v) is 10.1. The number of aromatic nitrogens is 2. The molecule has 1 aliphatic carbocycles. The number of rotatable bonds is 4. The Morgan fingerprint density at radius 1 is 1.41 bits per heavy atom. The van der Waals surface area contributed by atoms with Crippen molar-refractivity contribution in [3.8, 4) is 5.75 Å². The number of hydrogen-bond acceptors (Lipinski definition) is 5. The van der Waals surface area contributed by atoms with Gasteiger partial charge in [0.25, 0.3) is 0 Å². The molecule has 1 saturated carbocycles. The van der Waals surface area contributed by atoms with Crippen LogP contribution >= 0.6 is 11.5 Å². The first kappa shape index (κ1) is 10.7. The number of nitrogens with zero attached hydrogens (tertiary/aromatic N) is 2. The Kier molecular flexibility index (Phi) is 2.78. The van der Waals surface area contributed by atoms with Gasteiger partial charge in [0.15, 0.2) is 0 Å². The largest absolute Gasteiger partial charge is 0.490 e. The summed E-state index contributed by atoms with van der Waals surface area (Å²) in [5, 5.41) is 5.87. The van der Waals surface area contributed by atoms with Crippen LogP contribution in [0.2, 0.25) is 0 Å². The van der Waals surface area contributed by atoms with E-state index in [4.69, 9.17) is 10.5 Å². The van der Waals surface area contributed by atoms with Crippen LogP contribution in [0.4, 0.5) is 0 Å². The number of benzene rings is 1. The smallest absolute Gasteiger partial charge is 0.120 e.